The number of piperidine rings is 1. The largest absolute Gasteiger partial charge is 0.395 e. The Bertz CT molecular complexity index is 358. The van der Waals surface area contributed by atoms with Crippen molar-refractivity contribution in [2.75, 3.05) is 39.3 Å². The number of hydrogen-bond acceptors (Lipinski definition) is 4. The molecule has 1 saturated heterocycles. The molecule has 0 amide bonds. The zero-order chi connectivity index (χ0) is 15.0. The maximum absolute atomic E-state index is 12.2. The van der Waals surface area contributed by atoms with Crippen molar-refractivity contribution in [2.45, 2.75) is 45.6 Å². The van der Waals surface area contributed by atoms with Gasteiger partial charge in [0.2, 0.25) is 0 Å². The minimum absolute atomic E-state index is 0.0969. The summed E-state index contributed by atoms with van der Waals surface area (Å²) in [7, 11) is -3.45. The molecule has 1 heterocycles. The Balaban J connectivity index is 2.40. The van der Waals surface area contributed by atoms with Crippen molar-refractivity contribution in [3.05, 3.63) is 0 Å². The zero-order valence-corrected chi connectivity index (χ0v) is 13.5. The molecule has 1 aliphatic heterocycles. The second-order valence-electron chi connectivity index (χ2n) is 5.22. The minimum atomic E-state index is -3.45. The number of aliphatic hydroxyl groups excluding tert-OH is 1. The van der Waals surface area contributed by atoms with E-state index in [4.69, 9.17) is 0 Å². The average Bonchev–Trinajstić information content (AvgIpc) is 2.47. The third kappa shape index (κ3) is 5.29. The summed E-state index contributed by atoms with van der Waals surface area (Å²) in [5.74, 6) is 0. The second-order valence-corrected chi connectivity index (χ2v) is 6.93. The molecular weight excluding hydrogens is 278 g/mol. The van der Waals surface area contributed by atoms with Crippen LogP contribution in [0, 0.1) is 0 Å². The SMILES string of the molecule is CCN(CC)CCCNS(=O)(=O)N1CCCCC1CO. The van der Waals surface area contributed by atoms with Gasteiger partial charge < -0.3 is 10.0 Å². The third-order valence-electron chi connectivity index (χ3n) is 3.92. The molecule has 7 heteroatoms. The Kier molecular flexibility index (Phi) is 7.98. The molecule has 0 aromatic carbocycles. The zero-order valence-electron chi connectivity index (χ0n) is 12.7. The van der Waals surface area contributed by atoms with Crippen LogP contribution in [-0.2, 0) is 10.2 Å². The van der Waals surface area contributed by atoms with Crippen molar-refractivity contribution in [1.29, 1.82) is 0 Å². The van der Waals surface area contributed by atoms with Crippen molar-refractivity contribution in [3.63, 3.8) is 0 Å². The smallest absolute Gasteiger partial charge is 0.279 e. The first kappa shape index (κ1) is 17.8. The summed E-state index contributed by atoms with van der Waals surface area (Å²) in [6.45, 7) is 7.95. The first-order chi connectivity index (χ1) is 9.55. The Morgan fingerprint density at radius 3 is 2.60 bits per heavy atom. The molecule has 0 spiro atoms. The van der Waals surface area contributed by atoms with Crippen LogP contribution in [0.3, 0.4) is 0 Å². The molecule has 6 nitrogen and oxygen atoms in total. The van der Waals surface area contributed by atoms with Gasteiger partial charge in [-0.2, -0.15) is 12.7 Å². The third-order valence-corrected chi connectivity index (χ3v) is 5.59. The Morgan fingerprint density at radius 1 is 1.30 bits per heavy atom. The van der Waals surface area contributed by atoms with Crippen LogP contribution >= 0.6 is 0 Å². The van der Waals surface area contributed by atoms with Gasteiger partial charge in [0.1, 0.15) is 0 Å². The number of rotatable bonds is 9. The Morgan fingerprint density at radius 2 is 2.00 bits per heavy atom. The summed E-state index contributed by atoms with van der Waals surface area (Å²) < 4.78 is 28.5. The van der Waals surface area contributed by atoms with E-state index in [1.54, 1.807) is 0 Å². The van der Waals surface area contributed by atoms with E-state index in [0.717, 1.165) is 45.3 Å². The van der Waals surface area contributed by atoms with Crippen LogP contribution in [0.5, 0.6) is 0 Å². The van der Waals surface area contributed by atoms with Crippen LogP contribution < -0.4 is 4.72 Å². The number of nitrogens with zero attached hydrogens (tertiary/aromatic N) is 2. The molecule has 0 aromatic rings. The molecule has 1 fully saturated rings. The van der Waals surface area contributed by atoms with Gasteiger partial charge in [-0.3, -0.25) is 0 Å². The van der Waals surface area contributed by atoms with Crippen LogP contribution in [0.1, 0.15) is 39.5 Å². The molecule has 1 aliphatic rings. The van der Waals surface area contributed by atoms with E-state index in [1.807, 2.05) is 0 Å². The highest BCUT2D eigenvalue weighted by Gasteiger charge is 2.31. The van der Waals surface area contributed by atoms with E-state index >= 15 is 0 Å². The van der Waals surface area contributed by atoms with Crippen LogP contribution in [0.2, 0.25) is 0 Å². The quantitative estimate of drug-likeness (QED) is 0.605. The number of hydrogen-bond donors (Lipinski definition) is 2. The van der Waals surface area contributed by atoms with Crippen molar-refractivity contribution in [3.8, 4) is 0 Å². The lowest BCUT2D eigenvalue weighted by molar-refractivity contribution is 0.154. The van der Waals surface area contributed by atoms with Gasteiger partial charge in [-0.25, -0.2) is 4.72 Å². The van der Waals surface area contributed by atoms with Crippen molar-refractivity contribution >= 4 is 10.2 Å². The van der Waals surface area contributed by atoms with Gasteiger partial charge in [0.05, 0.1) is 6.61 Å². The second kappa shape index (κ2) is 8.94. The molecule has 0 aromatic heterocycles. The highest BCUT2D eigenvalue weighted by Crippen LogP contribution is 2.19. The van der Waals surface area contributed by atoms with E-state index in [0.29, 0.717) is 13.1 Å². The lowest BCUT2D eigenvalue weighted by atomic mass is 10.1. The molecule has 1 atom stereocenters. The molecule has 20 heavy (non-hydrogen) atoms. The fraction of sp³-hybridized carbons (Fsp3) is 1.00. The van der Waals surface area contributed by atoms with Crippen LogP contribution in [-0.4, -0.2) is 68.1 Å². The highest BCUT2D eigenvalue weighted by atomic mass is 32.2. The van der Waals surface area contributed by atoms with Gasteiger partial charge in [-0.1, -0.05) is 20.3 Å². The van der Waals surface area contributed by atoms with Gasteiger partial charge >= 0.3 is 0 Å². The maximum Gasteiger partial charge on any atom is 0.279 e. The van der Waals surface area contributed by atoms with E-state index in [-0.39, 0.29) is 12.6 Å². The lowest BCUT2D eigenvalue weighted by Gasteiger charge is -2.33. The maximum atomic E-state index is 12.2. The van der Waals surface area contributed by atoms with E-state index < -0.39 is 10.2 Å². The van der Waals surface area contributed by atoms with Crippen molar-refractivity contribution in [1.82, 2.24) is 13.9 Å². The van der Waals surface area contributed by atoms with Gasteiger partial charge in [0, 0.05) is 19.1 Å². The summed E-state index contributed by atoms with van der Waals surface area (Å²) in [6, 6.07) is -0.260. The molecule has 0 bridgehead atoms. The van der Waals surface area contributed by atoms with Crippen LogP contribution in [0.4, 0.5) is 0 Å². The molecule has 120 valence electrons. The first-order valence-corrected chi connectivity index (χ1v) is 9.08. The Labute approximate surface area is 123 Å². The van der Waals surface area contributed by atoms with E-state index in [1.165, 1.54) is 4.31 Å². The van der Waals surface area contributed by atoms with Crippen molar-refractivity contribution in [2.24, 2.45) is 0 Å². The fourth-order valence-electron chi connectivity index (χ4n) is 2.60. The predicted octanol–water partition coefficient (Wildman–Crippen LogP) is 0.400. The fourth-order valence-corrected chi connectivity index (χ4v) is 4.10. The number of nitrogens with one attached hydrogen (secondary N) is 1. The van der Waals surface area contributed by atoms with Gasteiger partial charge in [-0.05, 0) is 38.9 Å². The van der Waals surface area contributed by atoms with Gasteiger partial charge in [0.25, 0.3) is 10.2 Å². The first-order valence-electron chi connectivity index (χ1n) is 7.64. The Hall–Kier alpha value is -0.210. The molecule has 0 radical (unpaired) electrons. The standard InChI is InChI=1S/C13H29N3O3S/c1-3-15(4-2)10-7-9-14-20(18,19)16-11-6-5-8-13(16)12-17/h13-14,17H,3-12H2,1-2H3. The summed E-state index contributed by atoms with van der Waals surface area (Å²) in [6.07, 6.45) is 3.41. The molecule has 1 rings (SSSR count). The predicted molar refractivity (Wildman–Crippen MR) is 80.8 cm³/mol. The molecule has 1 unspecified atom stereocenters. The molecular formula is C13H29N3O3S. The molecule has 2 N–H and O–H groups in total. The number of aliphatic hydroxyl groups is 1. The normalized spacial score (nSPS) is 21.5. The van der Waals surface area contributed by atoms with Crippen LogP contribution in [0.25, 0.3) is 0 Å². The molecule has 0 aliphatic carbocycles. The van der Waals surface area contributed by atoms with Gasteiger partial charge in [0.15, 0.2) is 0 Å². The molecule has 0 saturated carbocycles. The summed E-state index contributed by atoms with van der Waals surface area (Å²) in [4.78, 5) is 2.27. The minimum Gasteiger partial charge on any atom is -0.395 e. The van der Waals surface area contributed by atoms with Crippen LogP contribution in [0.15, 0.2) is 0 Å². The monoisotopic (exact) mass is 307 g/mol. The topological polar surface area (TPSA) is 72.9 Å². The van der Waals surface area contributed by atoms with Crippen molar-refractivity contribution < 1.29 is 13.5 Å². The summed E-state index contributed by atoms with van der Waals surface area (Å²) >= 11 is 0. The summed E-state index contributed by atoms with van der Waals surface area (Å²) in [5.41, 5.74) is 0. The highest BCUT2D eigenvalue weighted by molar-refractivity contribution is 7.87. The average molecular weight is 307 g/mol. The van der Waals surface area contributed by atoms with Gasteiger partial charge in [-0.15, -0.1) is 0 Å². The summed E-state index contributed by atoms with van der Waals surface area (Å²) in [5, 5.41) is 9.29. The van der Waals surface area contributed by atoms with E-state index in [2.05, 4.69) is 23.5 Å². The lowest BCUT2D eigenvalue weighted by Crippen LogP contribution is -2.50. The van der Waals surface area contributed by atoms with E-state index in [9.17, 15) is 13.5 Å².